The van der Waals surface area contributed by atoms with E-state index in [1.165, 1.54) is 10.8 Å². The van der Waals surface area contributed by atoms with Gasteiger partial charge in [-0.15, -0.1) is 0 Å². The molecule has 0 aliphatic rings. The molecule has 0 atom stereocenters. The fourth-order valence-corrected chi connectivity index (χ4v) is 7.24. The number of hydrogen-bond donors (Lipinski definition) is 0. The van der Waals surface area contributed by atoms with Crippen molar-refractivity contribution >= 4 is 43.7 Å². The van der Waals surface area contributed by atoms with Crippen LogP contribution in [0, 0.1) is 0 Å². The number of hydrogen-bond acceptors (Lipinski definition) is 4. The van der Waals surface area contributed by atoms with Crippen molar-refractivity contribution in [1.29, 1.82) is 0 Å². The van der Waals surface area contributed by atoms with Crippen LogP contribution in [0.15, 0.2) is 171 Å². The van der Waals surface area contributed by atoms with Crippen molar-refractivity contribution < 1.29 is 0 Å². The highest BCUT2D eigenvalue weighted by Crippen LogP contribution is 2.34. The Hall–Kier alpha value is -6.92. The van der Waals surface area contributed by atoms with Gasteiger partial charge in [0, 0.05) is 63.4 Å². The van der Waals surface area contributed by atoms with Gasteiger partial charge in [0.25, 0.3) is 0 Å². The van der Waals surface area contributed by atoms with Crippen LogP contribution >= 0.6 is 0 Å². The Bertz CT molecular complexity index is 2560. The predicted molar refractivity (Wildman–Crippen MR) is 203 cm³/mol. The fourth-order valence-electron chi connectivity index (χ4n) is 7.24. The number of fused-ring (bicyclic) bond motifs is 6. The molecule has 0 aliphatic heterocycles. The molecule has 0 N–H and O–H groups in total. The summed E-state index contributed by atoms with van der Waals surface area (Å²) in [5.74, 6) is 0. The zero-order valence-corrected chi connectivity index (χ0v) is 26.8. The maximum atomic E-state index is 4.84. The molecule has 0 fully saturated rings. The van der Waals surface area contributed by atoms with Crippen molar-refractivity contribution in [3.63, 3.8) is 0 Å². The third kappa shape index (κ3) is 4.50. The molecule has 50 heavy (non-hydrogen) atoms. The second-order valence-corrected chi connectivity index (χ2v) is 12.4. The average Bonchev–Trinajstić information content (AvgIpc) is 3.71. The van der Waals surface area contributed by atoms with Gasteiger partial charge in [-0.25, -0.2) is 0 Å². The highest BCUT2D eigenvalue weighted by molar-refractivity contribution is 6.09. The molecule has 6 nitrogen and oxygen atoms in total. The van der Waals surface area contributed by atoms with Crippen LogP contribution in [0.3, 0.4) is 0 Å². The molecule has 6 heterocycles. The quantitative estimate of drug-likeness (QED) is 0.188. The van der Waals surface area contributed by atoms with E-state index in [1.807, 2.05) is 49.2 Å². The number of para-hydroxylation sites is 2. The lowest BCUT2D eigenvalue weighted by atomic mass is 10.0. The molecular formula is C44H28N6. The van der Waals surface area contributed by atoms with Gasteiger partial charge >= 0.3 is 0 Å². The summed E-state index contributed by atoms with van der Waals surface area (Å²) in [4.78, 5) is 18.8. The van der Waals surface area contributed by atoms with Gasteiger partial charge in [0.05, 0.1) is 45.2 Å². The van der Waals surface area contributed by atoms with Crippen LogP contribution in [0.1, 0.15) is 0 Å². The van der Waals surface area contributed by atoms with Crippen LogP contribution in [-0.2, 0) is 0 Å². The Morgan fingerprint density at radius 2 is 0.940 bits per heavy atom. The van der Waals surface area contributed by atoms with Gasteiger partial charge in [-0.2, -0.15) is 0 Å². The van der Waals surface area contributed by atoms with Crippen LogP contribution in [0.5, 0.6) is 0 Å². The first-order valence-electron chi connectivity index (χ1n) is 16.6. The molecule has 6 heteroatoms. The van der Waals surface area contributed by atoms with Gasteiger partial charge in [0.15, 0.2) is 0 Å². The zero-order chi connectivity index (χ0) is 33.0. The highest BCUT2D eigenvalue weighted by Gasteiger charge is 2.15. The summed E-state index contributed by atoms with van der Waals surface area (Å²) in [6, 6.07) is 48.6. The summed E-state index contributed by atoms with van der Waals surface area (Å²) in [5.41, 5.74) is 13.6. The Kier molecular flexibility index (Phi) is 6.39. The van der Waals surface area contributed by atoms with Crippen molar-refractivity contribution in [2.75, 3.05) is 0 Å². The van der Waals surface area contributed by atoms with Gasteiger partial charge in [0.1, 0.15) is 0 Å². The third-order valence-electron chi connectivity index (χ3n) is 9.57. The van der Waals surface area contributed by atoms with Crippen molar-refractivity contribution in [3.05, 3.63) is 171 Å². The number of pyridine rings is 4. The minimum atomic E-state index is 0.830. The fraction of sp³-hybridized carbons (Fsp3) is 0. The predicted octanol–water partition coefficient (Wildman–Crippen LogP) is 10.5. The summed E-state index contributed by atoms with van der Waals surface area (Å²) < 4.78 is 4.56. The lowest BCUT2D eigenvalue weighted by Crippen LogP contribution is -1.95. The summed E-state index contributed by atoms with van der Waals surface area (Å²) in [7, 11) is 0. The topological polar surface area (TPSA) is 61.4 Å². The van der Waals surface area contributed by atoms with Gasteiger partial charge in [-0.1, -0.05) is 72.8 Å². The maximum Gasteiger partial charge on any atom is 0.0963 e. The molecule has 0 amide bonds. The lowest BCUT2D eigenvalue weighted by Gasteiger charge is -2.11. The molecule has 234 valence electrons. The van der Waals surface area contributed by atoms with E-state index in [0.717, 1.165) is 78.0 Å². The molecule has 0 bridgehead atoms. The van der Waals surface area contributed by atoms with Crippen LogP contribution < -0.4 is 0 Å². The van der Waals surface area contributed by atoms with E-state index in [2.05, 4.69) is 135 Å². The van der Waals surface area contributed by atoms with E-state index in [1.54, 1.807) is 0 Å². The van der Waals surface area contributed by atoms with E-state index in [9.17, 15) is 0 Å². The first kappa shape index (κ1) is 28.1. The molecule has 0 unspecified atom stereocenters. The molecule has 10 aromatic rings. The number of aromatic nitrogens is 6. The first-order valence-corrected chi connectivity index (χ1v) is 16.6. The Balaban J connectivity index is 0.949. The van der Waals surface area contributed by atoms with E-state index >= 15 is 0 Å². The molecule has 0 aliphatic carbocycles. The zero-order valence-electron chi connectivity index (χ0n) is 26.8. The van der Waals surface area contributed by atoms with Gasteiger partial charge in [-0.05, 0) is 77.9 Å². The van der Waals surface area contributed by atoms with Crippen LogP contribution in [0.2, 0.25) is 0 Å². The first-order chi connectivity index (χ1) is 24.8. The van der Waals surface area contributed by atoms with Crippen molar-refractivity contribution in [2.24, 2.45) is 0 Å². The molecule has 6 aromatic heterocycles. The van der Waals surface area contributed by atoms with Crippen LogP contribution in [0.25, 0.3) is 88.8 Å². The Morgan fingerprint density at radius 3 is 1.60 bits per heavy atom. The maximum absolute atomic E-state index is 4.84. The average molecular weight is 641 g/mol. The monoisotopic (exact) mass is 640 g/mol. The minimum absolute atomic E-state index is 0.830. The molecule has 0 spiro atoms. The molecule has 10 rings (SSSR count). The standard InChI is InChI=1S/C44H28N6/c1-3-14-40-35(12-1)36-21-23-45-28-43(36)50(40)34-11-6-9-30(25-34)32-18-20-39(48-27-32)38-19-17-31(26-47-38)29-8-5-10-33(24-29)49-41-15-4-2-13-37(41)44-42(49)16-7-22-46-44/h1-28H. The van der Waals surface area contributed by atoms with Crippen molar-refractivity contribution in [1.82, 2.24) is 29.1 Å². The number of rotatable bonds is 5. The highest BCUT2D eigenvalue weighted by atomic mass is 15.0. The lowest BCUT2D eigenvalue weighted by molar-refractivity contribution is 1.16. The summed E-state index contributed by atoms with van der Waals surface area (Å²) in [5, 5.41) is 3.55. The SMILES string of the molecule is c1cc(-c2ccc(-c3ccc(-c4cccc(-n5c6ccccc6c6ncccc65)c4)cn3)nc2)cc(-n2c3ccccc3c3ccncc32)c1. The van der Waals surface area contributed by atoms with E-state index in [-0.39, 0.29) is 0 Å². The van der Waals surface area contributed by atoms with E-state index < -0.39 is 0 Å². The largest absolute Gasteiger partial charge is 0.308 e. The second kappa shape index (κ2) is 11.4. The molecule has 0 radical (unpaired) electrons. The molecule has 0 saturated carbocycles. The van der Waals surface area contributed by atoms with Crippen molar-refractivity contribution in [3.8, 4) is 45.0 Å². The Morgan fingerprint density at radius 1 is 0.360 bits per heavy atom. The molecule has 4 aromatic carbocycles. The van der Waals surface area contributed by atoms with Gasteiger partial charge in [-0.3, -0.25) is 19.9 Å². The van der Waals surface area contributed by atoms with Crippen molar-refractivity contribution in [2.45, 2.75) is 0 Å². The summed E-state index contributed by atoms with van der Waals surface area (Å²) in [6.07, 6.45) is 9.52. The minimum Gasteiger partial charge on any atom is -0.308 e. The van der Waals surface area contributed by atoms with Gasteiger partial charge in [0.2, 0.25) is 0 Å². The molecular weight excluding hydrogens is 613 g/mol. The van der Waals surface area contributed by atoms with E-state index in [4.69, 9.17) is 15.0 Å². The third-order valence-corrected chi connectivity index (χ3v) is 9.57. The Labute approximate surface area is 287 Å². The van der Waals surface area contributed by atoms with E-state index in [0.29, 0.717) is 0 Å². The second-order valence-electron chi connectivity index (χ2n) is 12.4. The van der Waals surface area contributed by atoms with Crippen LogP contribution in [0.4, 0.5) is 0 Å². The van der Waals surface area contributed by atoms with Crippen LogP contribution in [-0.4, -0.2) is 29.1 Å². The normalized spacial score (nSPS) is 11.6. The smallest absolute Gasteiger partial charge is 0.0963 e. The summed E-state index contributed by atoms with van der Waals surface area (Å²) >= 11 is 0. The van der Waals surface area contributed by atoms with Gasteiger partial charge < -0.3 is 9.13 Å². The molecule has 0 saturated heterocycles. The number of nitrogens with zero attached hydrogens (tertiary/aromatic N) is 6. The number of benzene rings is 4. The summed E-state index contributed by atoms with van der Waals surface area (Å²) in [6.45, 7) is 0.